The van der Waals surface area contributed by atoms with Gasteiger partial charge in [0.2, 0.25) is 0 Å². The Labute approximate surface area is 168 Å². The molecule has 0 radical (unpaired) electrons. The van der Waals surface area contributed by atoms with Gasteiger partial charge in [0.25, 0.3) is 0 Å². The third-order valence-corrected chi connectivity index (χ3v) is 5.70. The van der Waals surface area contributed by atoms with Gasteiger partial charge in [-0.15, -0.1) is 0 Å². The van der Waals surface area contributed by atoms with Gasteiger partial charge in [0.05, 0.1) is 12.0 Å². The molecule has 2 aromatic carbocycles. The second-order valence-corrected chi connectivity index (χ2v) is 7.61. The summed E-state index contributed by atoms with van der Waals surface area (Å²) in [6, 6.07) is 20.8. The van der Waals surface area contributed by atoms with E-state index in [0.29, 0.717) is 6.42 Å². The predicted octanol–water partition coefficient (Wildman–Crippen LogP) is 4.76. The molecule has 0 saturated carbocycles. The Morgan fingerprint density at radius 3 is 2.04 bits per heavy atom. The molecule has 1 atom stereocenters. The maximum absolute atomic E-state index is 11.2. The maximum Gasteiger partial charge on any atom is 0.306 e. The number of piperidine rings is 1. The number of carbonyl (C=O) groups is 1. The number of ether oxygens (including phenoxy) is 1. The van der Waals surface area contributed by atoms with Gasteiger partial charge in [-0.3, -0.25) is 4.79 Å². The number of benzene rings is 2. The highest BCUT2D eigenvalue weighted by Crippen LogP contribution is 2.30. The SMILES string of the molecule is CCC(CCN1CCC(OC(c2ccccc2)c2ccccc2)CC1)C(=O)O. The number of nitrogens with zero attached hydrogens (tertiary/aromatic N) is 1. The van der Waals surface area contributed by atoms with Crippen molar-refractivity contribution in [3.63, 3.8) is 0 Å². The summed E-state index contributed by atoms with van der Waals surface area (Å²) in [6.45, 7) is 4.75. The highest BCUT2D eigenvalue weighted by molar-refractivity contribution is 5.69. The summed E-state index contributed by atoms with van der Waals surface area (Å²) < 4.78 is 6.58. The summed E-state index contributed by atoms with van der Waals surface area (Å²) >= 11 is 0. The van der Waals surface area contributed by atoms with Crippen LogP contribution in [0, 0.1) is 5.92 Å². The number of hydrogen-bond acceptors (Lipinski definition) is 3. The predicted molar refractivity (Wildman–Crippen MR) is 111 cm³/mol. The first kappa shape index (κ1) is 20.6. The van der Waals surface area contributed by atoms with Crippen molar-refractivity contribution in [2.24, 2.45) is 5.92 Å². The van der Waals surface area contributed by atoms with Gasteiger partial charge < -0.3 is 14.7 Å². The maximum atomic E-state index is 11.2. The molecule has 1 saturated heterocycles. The first-order valence-corrected chi connectivity index (χ1v) is 10.4. The Morgan fingerprint density at radius 2 is 1.57 bits per heavy atom. The van der Waals surface area contributed by atoms with Crippen molar-refractivity contribution < 1.29 is 14.6 Å². The van der Waals surface area contributed by atoms with Crippen LogP contribution in [0.5, 0.6) is 0 Å². The van der Waals surface area contributed by atoms with Gasteiger partial charge in [0.1, 0.15) is 6.10 Å². The van der Waals surface area contributed by atoms with E-state index in [1.807, 2.05) is 19.1 Å². The Bertz CT molecular complexity index is 672. The topological polar surface area (TPSA) is 49.8 Å². The average Bonchev–Trinajstić information content (AvgIpc) is 2.74. The lowest BCUT2D eigenvalue weighted by Crippen LogP contribution is -2.39. The van der Waals surface area contributed by atoms with Crippen LogP contribution in [0.1, 0.15) is 49.8 Å². The third kappa shape index (κ3) is 5.66. The van der Waals surface area contributed by atoms with Crippen LogP contribution >= 0.6 is 0 Å². The monoisotopic (exact) mass is 381 g/mol. The van der Waals surface area contributed by atoms with E-state index < -0.39 is 5.97 Å². The van der Waals surface area contributed by atoms with E-state index in [2.05, 4.69) is 53.4 Å². The minimum atomic E-state index is -0.672. The molecule has 1 fully saturated rings. The van der Waals surface area contributed by atoms with Crippen LogP contribution in [0.15, 0.2) is 60.7 Å². The fourth-order valence-corrected chi connectivity index (χ4v) is 3.91. The first-order valence-electron chi connectivity index (χ1n) is 10.4. The quantitative estimate of drug-likeness (QED) is 0.680. The van der Waals surface area contributed by atoms with Crippen LogP contribution < -0.4 is 0 Å². The van der Waals surface area contributed by atoms with E-state index in [4.69, 9.17) is 4.74 Å². The average molecular weight is 382 g/mol. The summed E-state index contributed by atoms with van der Waals surface area (Å²) in [6.07, 6.45) is 3.58. The Balaban J connectivity index is 1.56. The van der Waals surface area contributed by atoms with Gasteiger partial charge in [-0.2, -0.15) is 0 Å². The number of aliphatic carboxylic acids is 1. The second kappa shape index (κ2) is 10.4. The molecule has 3 rings (SSSR count). The molecule has 28 heavy (non-hydrogen) atoms. The fraction of sp³-hybridized carbons (Fsp3) is 0.458. The van der Waals surface area contributed by atoms with E-state index in [-0.39, 0.29) is 18.1 Å². The lowest BCUT2D eigenvalue weighted by Gasteiger charge is -2.34. The number of carboxylic acid groups (broad SMARTS) is 1. The molecule has 1 unspecified atom stereocenters. The summed E-state index contributed by atoms with van der Waals surface area (Å²) in [5.41, 5.74) is 2.37. The molecule has 0 amide bonds. The highest BCUT2D eigenvalue weighted by Gasteiger charge is 2.25. The summed E-state index contributed by atoms with van der Waals surface area (Å²) in [4.78, 5) is 13.6. The van der Waals surface area contributed by atoms with Crippen LogP contribution in [0.4, 0.5) is 0 Å². The number of hydrogen-bond donors (Lipinski definition) is 1. The van der Waals surface area contributed by atoms with Crippen LogP contribution in [0.3, 0.4) is 0 Å². The lowest BCUT2D eigenvalue weighted by atomic mass is 9.99. The molecule has 1 aliphatic heterocycles. The van der Waals surface area contributed by atoms with Gasteiger partial charge in [-0.25, -0.2) is 0 Å². The number of likely N-dealkylation sites (tertiary alicyclic amines) is 1. The third-order valence-electron chi connectivity index (χ3n) is 5.70. The van der Waals surface area contributed by atoms with Gasteiger partial charge in [0.15, 0.2) is 0 Å². The molecule has 0 aromatic heterocycles. The van der Waals surface area contributed by atoms with Crippen molar-refractivity contribution in [3.05, 3.63) is 71.8 Å². The van der Waals surface area contributed by atoms with Crippen molar-refractivity contribution in [1.29, 1.82) is 0 Å². The van der Waals surface area contributed by atoms with Crippen LogP contribution in [0.2, 0.25) is 0 Å². The van der Waals surface area contributed by atoms with Crippen molar-refractivity contribution in [2.75, 3.05) is 19.6 Å². The minimum absolute atomic E-state index is 0.0459. The molecule has 1 aliphatic rings. The Kier molecular flexibility index (Phi) is 7.63. The Morgan fingerprint density at radius 1 is 1.04 bits per heavy atom. The molecule has 2 aromatic rings. The molecule has 1 N–H and O–H groups in total. The zero-order valence-electron chi connectivity index (χ0n) is 16.7. The zero-order valence-corrected chi connectivity index (χ0v) is 16.7. The molecular formula is C24H31NO3. The van der Waals surface area contributed by atoms with Gasteiger partial charge in [-0.05, 0) is 43.4 Å². The van der Waals surface area contributed by atoms with Gasteiger partial charge >= 0.3 is 5.97 Å². The molecule has 4 nitrogen and oxygen atoms in total. The smallest absolute Gasteiger partial charge is 0.306 e. The van der Waals surface area contributed by atoms with Crippen LogP contribution in [-0.2, 0) is 9.53 Å². The van der Waals surface area contributed by atoms with Crippen molar-refractivity contribution in [2.45, 2.75) is 44.8 Å². The van der Waals surface area contributed by atoms with E-state index in [1.165, 1.54) is 11.1 Å². The molecule has 0 spiro atoms. The Hall–Kier alpha value is -2.17. The molecule has 0 aliphatic carbocycles. The van der Waals surface area contributed by atoms with Crippen LogP contribution in [0.25, 0.3) is 0 Å². The zero-order chi connectivity index (χ0) is 19.8. The van der Waals surface area contributed by atoms with Gasteiger partial charge in [-0.1, -0.05) is 67.6 Å². The van der Waals surface area contributed by atoms with E-state index in [9.17, 15) is 9.90 Å². The standard InChI is InChI=1S/C24H31NO3/c1-2-19(24(26)27)13-16-25-17-14-22(15-18-25)28-23(20-9-5-3-6-10-20)21-11-7-4-8-12-21/h3-12,19,22-23H,2,13-18H2,1H3,(H,26,27). The summed E-state index contributed by atoms with van der Waals surface area (Å²) in [7, 11) is 0. The van der Waals surface area contributed by atoms with Crippen molar-refractivity contribution in [1.82, 2.24) is 4.90 Å². The van der Waals surface area contributed by atoms with Crippen molar-refractivity contribution in [3.8, 4) is 0 Å². The first-order chi connectivity index (χ1) is 13.7. The highest BCUT2D eigenvalue weighted by atomic mass is 16.5. The normalized spacial score (nSPS) is 16.9. The molecule has 0 bridgehead atoms. The summed E-state index contributed by atoms with van der Waals surface area (Å²) in [5.74, 6) is -0.899. The van der Waals surface area contributed by atoms with E-state index in [1.54, 1.807) is 0 Å². The largest absolute Gasteiger partial charge is 0.481 e. The minimum Gasteiger partial charge on any atom is -0.481 e. The summed E-state index contributed by atoms with van der Waals surface area (Å²) in [5, 5.41) is 9.22. The molecular weight excluding hydrogens is 350 g/mol. The van der Waals surface area contributed by atoms with E-state index in [0.717, 1.165) is 38.9 Å². The second-order valence-electron chi connectivity index (χ2n) is 7.61. The molecule has 150 valence electrons. The van der Waals surface area contributed by atoms with Crippen molar-refractivity contribution >= 4 is 5.97 Å². The molecule has 4 heteroatoms. The van der Waals surface area contributed by atoms with Gasteiger partial charge in [0, 0.05) is 13.1 Å². The number of carboxylic acids is 1. The molecule has 1 heterocycles. The van der Waals surface area contributed by atoms with E-state index >= 15 is 0 Å². The fourth-order valence-electron chi connectivity index (χ4n) is 3.91. The van der Waals surface area contributed by atoms with Crippen LogP contribution in [-0.4, -0.2) is 41.7 Å². The number of rotatable bonds is 9. The lowest BCUT2D eigenvalue weighted by molar-refractivity contribution is -0.142.